The Balaban J connectivity index is 4.56. The molecule has 0 saturated heterocycles. The minimum absolute atomic E-state index is 0.0949. The van der Waals surface area contributed by atoms with Crippen molar-refractivity contribution in [1.29, 1.82) is 0 Å². The molecule has 6 N–H and O–H groups in total. The van der Waals surface area contributed by atoms with E-state index in [0.29, 0.717) is 12.8 Å². The Morgan fingerprint density at radius 3 is 1.54 bits per heavy atom. The Bertz CT molecular complexity index is 1390. The number of carbonyl (C=O) groups is 2. The lowest BCUT2D eigenvalue weighted by Crippen LogP contribution is -2.30. The van der Waals surface area contributed by atoms with Gasteiger partial charge in [-0.3, -0.25) is 23.2 Å². The number of carbonyl (C=O) groups excluding carboxylic acids is 2. The molecule has 0 saturated carbocycles. The number of rotatable bonds is 49. The molecule has 68 heavy (non-hydrogen) atoms. The van der Waals surface area contributed by atoms with E-state index in [0.717, 1.165) is 38.0 Å². The number of allylic oxidation sites excluding steroid dienone is 5. The lowest BCUT2D eigenvalue weighted by molar-refractivity contribution is -0.161. The minimum atomic E-state index is -4.90. The molecular weight excluding hydrogens is 914 g/mol. The molecule has 0 aromatic heterocycles. The molecule has 6 atom stereocenters. The van der Waals surface area contributed by atoms with Crippen molar-refractivity contribution in [3.63, 3.8) is 0 Å². The predicted molar refractivity (Wildman–Crippen MR) is 270 cm³/mol. The van der Waals surface area contributed by atoms with Crippen molar-refractivity contribution in [1.82, 2.24) is 0 Å². The van der Waals surface area contributed by atoms with Crippen LogP contribution < -0.4 is 0 Å². The monoisotopic (exact) mass is 1010 g/mol. The molecule has 0 heterocycles. The number of phosphoric acid groups is 2. The summed E-state index contributed by atoms with van der Waals surface area (Å²) >= 11 is 0. The quantitative estimate of drug-likeness (QED) is 0.0144. The fourth-order valence-corrected chi connectivity index (χ4v) is 8.41. The van der Waals surface area contributed by atoms with Crippen LogP contribution in [0.25, 0.3) is 0 Å². The van der Waals surface area contributed by atoms with Gasteiger partial charge in [0.1, 0.15) is 12.7 Å². The number of unbranched alkanes of at least 4 members (excludes halogenated alkanes) is 20. The molecule has 17 heteroatoms. The molecule has 0 amide bonds. The average molecular weight is 1010 g/mol. The molecule has 0 radical (unpaired) electrons. The minimum Gasteiger partial charge on any atom is -0.462 e. The van der Waals surface area contributed by atoms with Crippen molar-refractivity contribution < 1.29 is 71.8 Å². The summed E-state index contributed by atoms with van der Waals surface area (Å²) in [6.07, 6.45) is 38.6. The van der Waals surface area contributed by atoms with Gasteiger partial charge in [-0.25, -0.2) is 9.13 Å². The molecule has 0 bridgehead atoms. The summed E-state index contributed by atoms with van der Waals surface area (Å²) in [5.41, 5.74) is 0. The van der Waals surface area contributed by atoms with Gasteiger partial charge in [0, 0.05) is 12.8 Å². The maximum absolute atomic E-state index is 12.8. The molecule has 0 aromatic carbocycles. The Morgan fingerprint density at radius 1 is 0.515 bits per heavy atom. The number of hydrogen-bond acceptors (Lipinski definition) is 12. The lowest BCUT2D eigenvalue weighted by atomic mass is 9.99. The number of esters is 2. The van der Waals surface area contributed by atoms with Gasteiger partial charge in [-0.2, -0.15) is 0 Å². The van der Waals surface area contributed by atoms with Gasteiger partial charge in [-0.05, 0) is 57.3 Å². The van der Waals surface area contributed by atoms with E-state index in [-0.39, 0.29) is 32.1 Å². The zero-order valence-electron chi connectivity index (χ0n) is 42.4. The third-order valence-electron chi connectivity index (χ3n) is 11.8. The van der Waals surface area contributed by atoms with Crippen LogP contribution in [0.3, 0.4) is 0 Å². The van der Waals surface area contributed by atoms with E-state index in [2.05, 4.69) is 48.0 Å². The Morgan fingerprint density at radius 2 is 1.00 bits per heavy atom. The van der Waals surface area contributed by atoms with Crippen LogP contribution in [0.4, 0.5) is 0 Å². The molecule has 0 fully saturated rings. The number of hydrogen-bond donors (Lipinski definition) is 6. The smallest absolute Gasteiger partial charge is 0.462 e. The molecule has 400 valence electrons. The number of ether oxygens (including phenoxy) is 2. The van der Waals surface area contributed by atoms with Gasteiger partial charge in [0.15, 0.2) is 6.10 Å². The van der Waals surface area contributed by atoms with Gasteiger partial charge in [0.2, 0.25) is 0 Å². The highest BCUT2D eigenvalue weighted by atomic mass is 31.2. The van der Waals surface area contributed by atoms with Crippen LogP contribution >= 0.6 is 15.6 Å². The summed E-state index contributed by atoms with van der Waals surface area (Å²) < 4.78 is 47.8. The first kappa shape index (κ1) is 66.3. The molecule has 15 nitrogen and oxygen atoms in total. The highest BCUT2D eigenvalue weighted by Crippen LogP contribution is 2.44. The van der Waals surface area contributed by atoms with E-state index in [4.69, 9.17) is 23.8 Å². The van der Waals surface area contributed by atoms with E-state index >= 15 is 0 Å². The summed E-state index contributed by atoms with van der Waals surface area (Å²) in [4.78, 5) is 53.0. The van der Waals surface area contributed by atoms with Gasteiger partial charge in [-0.1, -0.05) is 192 Å². The first-order valence-corrected chi connectivity index (χ1v) is 29.3. The molecule has 4 unspecified atom stereocenters. The van der Waals surface area contributed by atoms with Gasteiger partial charge in [0.05, 0.1) is 32.0 Å². The van der Waals surface area contributed by atoms with Crippen LogP contribution in [0.2, 0.25) is 0 Å². The fraction of sp³-hybridized carbons (Fsp3) is 0.843. The first-order valence-electron chi connectivity index (χ1n) is 26.2. The fourth-order valence-electron chi connectivity index (χ4n) is 7.25. The van der Waals surface area contributed by atoms with E-state index < -0.39 is 78.4 Å². The molecule has 0 rings (SSSR count). The maximum atomic E-state index is 12.8. The van der Waals surface area contributed by atoms with Crippen molar-refractivity contribution >= 4 is 27.6 Å². The summed E-state index contributed by atoms with van der Waals surface area (Å²) in [6, 6.07) is 0. The first-order chi connectivity index (χ1) is 32.6. The van der Waals surface area contributed by atoms with Crippen LogP contribution in [-0.2, 0) is 41.8 Å². The van der Waals surface area contributed by atoms with Gasteiger partial charge >= 0.3 is 27.6 Å². The SMILES string of the molecule is CCCCC/C=C\C/C=C\C/C=C\CC(O)C(O)CCCC(=O)O[C@H](COC(=O)CCCCCCCCCCCCCCCCCCCCC(C)CC)COP(=O)(O)OC[C@@H](O)COP(=O)(O)O. The summed E-state index contributed by atoms with van der Waals surface area (Å²) in [7, 11) is -9.79. The van der Waals surface area contributed by atoms with E-state index in [9.17, 15) is 38.9 Å². The Kier molecular flexibility index (Phi) is 44.0. The van der Waals surface area contributed by atoms with Crippen LogP contribution in [0, 0.1) is 5.92 Å². The average Bonchev–Trinajstić information content (AvgIpc) is 3.30. The molecule has 0 aliphatic carbocycles. The third-order valence-corrected chi connectivity index (χ3v) is 13.2. The van der Waals surface area contributed by atoms with Crippen LogP contribution in [0.5, 0.6) is 0 Å². The normalized spacial score (nSPS) is 15.5. The molecule has 0 aromatic rings. The second-order valence-corrected chi connectivity index (χ2v) is 21.0. The predicted octanol–water partition coefficient (Wildman–Crippen LogP) is 12.2. The van der Waals surface area contributed by atoms with E-state index in [1.165, 1.54) is 122 Å². The molecular formula is C51H96O15P2. The zero-order chi connectivity index (χ0) is 50.6. The summed E-state index contributed by atoms with van der Waals surface area (Å²) in [5, 5.41) is 30.6. The van der Waals surface area contributed by atoms with Crippen molar-refractivity contribution in [2.45, 2.75) is 244 Å². The molecule has 0 aliphatic heterocycles. The summed E-state index contributed by atoms with van der Waals surface area (Å²) in [6.45, 7) is 3.82. The van der Waals surface area contributed by atoms with Gasteiger partial charge in [0.25, 0.3) is 0 Å². The number of aliphatic hydroxyl groups is 3. The second kappa shape index (κ2) is 45.1. The lowest BCUT2D eigenvalue weighted by Gasteiger charge is -2.21. The zero-order valence-corrected chi connectivity index (χ0v) is 44.1. The van der Waals surface area contributed by atoms with E-state index in [1.807, 2.05) is 12.2 Å². The Labute approximate surface area is 411 Å². The highest BCUT2D eigenvalue weighted by molar-refractivity contribution is 7.47. The van der Waals surface area contributed by atoms with Crippen molar-refractivity contribution in [2.24, 2.45) is 5.92 Å². The van der Waals surface area contributed by atoms with E-state index in [1.54, 1.807) is 6.08 Å². The summed E-state index contributed by atoms with van der Waals surface area (Å²) in [5.74, 6) is -0.431. The number of phosphoric ester groups is 2. The van der Waals surface area contributed by atoms with Gasteiger partial charge in [-0.15, -0.1) is 0 Å². The highest BCUT2D eigenvalue weighted by Gasteiger charge is 2.28. The van der Waals surface area contributed by atoms with Crippen molar-refractivity contribution in [2.75, 3.05) is 26.4 Å². The van der Waals surface area contributed by atoms with Crippen LogP contribution in [0.15, 0.2) is 36.5 Å². The van der Waals surface area contributed by atoms with Crippen LogP contribution in [-0.4, -0.2) is 92.8 Å². The maximum Gasteiger partial charge on any atom is 0.472 e. The van der Waals surface area contributed by atoms with Gasteiger partial charge < -0.3 is 39.5 Å². The molecule has 0 aliphatic rings. The van der Waals surface area contributed by atoms with Crippen molar-refractivity contribution in [3.8, 4) is 0 Å². The standard InChI is InChI=1S/C51H96O15P2/c1-4-6-7-8-9-10-11-21-24-27-30-33-37-48(53)49(54)38-35-40-51(56)66-47(44-65-68(60,61)64-42-46(52)41-63-67(57,58)59)43-62-50(55)39-34-31-28-25-22-19-17-15-13-12-14-16-18-20-23-26-29-32-36-45(3)5-2/h9-10,21,24,30,33,45-49,52-54H,4-8,11-20,22-23,25-29,31-32,34-44H2,1-3H3,(H,60,61)(H2,57,58,59)/b10-9-,24-21-,33-30-/t45?,46-,47+,48?,49?/m0/s1. The molecule has 0 spiro atoms. The number of aliphatic hydroxyl groups excluding tert-OH is 3. The second-order valence-electron chi connectivity index (χ2n) is 18.4. The largest absolute Gasteiger partial charge is 0.472 e. The Hall–Kier alpha value is -1.74. The third kappa shape index (κ3) is 46.6. The van der Waals surface area contributed by atoms with Crippen LogP contribution in [0.1, 0.15) is 220 Å². The topological polar surface area (TPSA) is 236 Å². The van der Waals surface area contributed by atoms with Crippen molar-refractivity contribution in [3.05, 3.63) is 36.5 Å².